The smallest absolute Gasteiger partial charge is 0.322 e. The number of aromatic nitrogens is 1. The highest BCUT2D eigenvalue weighted by Gasteiger charge is 2.38. The zero-order chi connectivity index (χ0) is 17.3. The number of hydrogen-bond acceptors (Lipinski definition) is 4. The first-order valence-electron chi connectivity index (χ1n) is 7.98. The van der Waals surface area contributed by atoms with Crippen molar-refractivity contribution in [1.82, 2.24) is 15.2 Å². The van der Waals surface area contributed by atoms with Crippen LogP contribution in [-0.4, -0.2) is 28.4 Å². The fraction of sp³-hybridized carbons (Fsp3) is 0.389. The second-order valence-electron chi connectivity index (χ2n) is 6.91. The zero-order valence-electron chi connectivity index (χ0n) is 14.1. The van der Waals surface area contributed by atoms with Crippen LogP contribution in [0, 0.1) is 0 Å². The summed E-state index contributed by atoms with van der Waals surface area (Å²) in [5.74, 6) is -0.196. The van der Waals surface area contributed by atoms with Crippen LogP contribution in [0.15, 0.2) is 35.7 Å². The average molecular weight is 343 g/mol. The fourth-order valence-corrected chi connectivity index (χ4v) is 3.59. The molecule has 24 heavy (non-hydrogen) atoms. The van der Waals surface area contributed by atoms with Crippen LogP contribution in [0.2, 0.25) is 0 Å². The van der Waals surface area contributed by atoms with Crippen molar-refractivity contribution < 1.29 is 9.59 Å². The van der Waals surface area contributed by atoms with Gasteiger partial charge in [-0.25, -0.2) is 9.78 Å². The van der Waals surface area contributed by atoms with Gasteiger partial charge in [0.15, 0.2) is 0 Å². The fourth-order valence-electron chi connectivity index (χ4n) is 2.58. The van der Waals surface area contributed by atoms with Crippen molar-refractivity contribution in [3.63, 3.8) is 0 Å². The maximum atomic E-state index is 12.5. The van der Waals surface area contributed by atoms with Crippen LogP contribution in [-0.2, 0) is 16.6 Å². The van der Waals surface area contributed by atoms with Gasteiger partial charge in [-0.2, -0.15) is 0 Å². The molecule has 0 spiro atoms. The molecular weight excluding hydrogens is 322 g/mol. The number of hydrogen-bond donors (Lipinski definition) is 1. The monoisotopic (exact) mass is 343 g/mol. The molecule has 5 nitrogen and oxygen atoms in total. The highest BCUT2D eigenvalue weighted by atomic mass is 32.1. The Morgan fingerprint density at radius 2 is 1.92 bits per heavy atom. The number of benzene rings is 1. The Labute approximate surface area is 145 Å². The molecule has 0 radical (unpaired) electrons. The predicted molar refractivity (Wildman–Crippen MR) is 93.9 cm³/mol. The second-order valence-corrected chi connectivity index (χ2v) is 7.85. The van der Waals surface area contributed by atoms with E-state index in [9.17, 15) is 9.59 Å². The topological polar surface area (TPSA) is 62.3 Å². The van der Waals surface area contributed by atoms with E-state index in [0.717, 1.165) is 16.3 Å². The van der Waals surface area contributed by atoms with E-state index in [1.807, 2.05) is 35.7 Å². The van der Waals surface area contributed by atoms with Crippen LogP contribution in [0.3, 0.4) is 0 Å². The van der Waals surface area contributed by atoms with Crippen LogP contribution in [0.4, 0.5) is 4.79 Å². The molecule has 2 aromatic rings. The van der Waals surface area contributed by atoms with Gasteiger partial charge in [0.25, 0.3) is 5.91 Å². The second kappa shape index (κ2) is 6.36. The molecule has 3 amide bonds. The van der Waals surface area contributed by atoms with Crippen molar-refractivity contribution in [2.24, 2.45) is 0 Å². The van der Waals surface area contributed by atoms with Gasteiger partial charge in [-0.3, -0.25) is 9.69 Å². The van der Waals surface area contributed by atoms with E-state index in [-0.39, 0.29) is 17.4 Å². The Balaban J connectivity index is 1.66. The van der Waals surface area contributed by atoms with E-state index < -0.39 is 6.04 Å². The number of imide groups is 1. The summed E-state index contributed by atoms with van der Waals surface area (Å²) in [5.41, 5.74) is 1.86. The van der Waals surface area contributed by atoms with Crippen molar-refractivity contribution >= 4 is 23.3 Å². The number of nitrogens with one attached hydrogen (secondary N) is 1. The number of carbonyl (C=O) groups is 2. The minimum atomic E-state index is -0.583. The van der Waals surface area contributed by atoms with E-state index in [2.05, 4.69) is 31.1 Å². The van der Waals surface area contributed by atoms with Gasteiger partial charge in [-0.05, 0) is 5.56 Å². The van der Waals surface area contributed by atoms with Crippen molar-refractivity contribution in [1.29, 1.82) is 0 Å². The van der Waals surface area contributed by atoms with Crippen LogP contribution in [0.5, 0.6) is 0 Å². The van der Waals surface area contributed by atoms with E-state index in [1.54, 1.807) is 11.3 Å². The lowest BCUT2D eigenvalue weighted by Gasteiger charge is -2.14. The highest BCUT2D eigenvalue weighted by molar-refractivity contribution is 7.09. The van der Waals surface area contributed by atoms with Gasteiger partial charge in [-0.1, -0.05) is 51.1 Å². The molecule has 0 unspecified atom stereocenters. The molecule has 1 aliphatic heterocycles. The van der Waals surface area contributed by atoms with Gasteiger partial charge in [-0.15, -0.1) is 11.3 Å². The summed E-state index contributed by atoms with van der Waals surface area (Å²) in [6.45, 7) is 6.71. The summed E-state index contributed by atoms with van der Waals surface area (Å²) in [4.78, 5) is 30.6. The standard InChI is InChI=1S/C18H21N3O2S/c1-18(2,3)13-11-24-14(19-13)9-10-21-16(22)15(20-17(21)23)12-7-5-4-6-8-12/h4-8,11,15H,9-10H2,1-3H3,(H,20,23)/t15-/m1/s1. The first-order chi connectivity index (χ1) is 11.4. The molecule has 0 aliphatic carbocycles. The lowest BCUT2D eigenvalue weighted by molar-refractivity contribution is -0.127. The van der Waals surface area contributed by atoms with E-state index in [0.29, 0.717) is 13.0 Å². The molecule has 1 saturated heterocycles. The van der Waals surface area contributed by atoms with Crippen molar-refractivity contribution in [2.45, 2.75) is 38.6 Å². The Morgan fingerprint density at radius 1 is 1.21 bits per heavy atom. The van der Waals surface area contributed by atoms with Gasteiger partial charge in [0.1, 0.15) is 6.04 Å². The minimum absolute atomic E-state index is 0.00793. The van der Waals surface area contributed by atoms with E-state index in [1.165, 1.54) is 4.90 Å². The SMILES string of the molecule is CC(C)(C)c1csc(CCN2C(=O)N[C@H](c3ccccc3)C2=O)n1. The largest absolute Gasteiger partial charge is 0.325 e. The summed E-state index contributed by atoms with van der Waals surface area (Å²) >= 11 is 1.58. The summed E-state index contributed by atoms with van der Waals surface area (Å²) in [6.07, 6.45) is 0.585. The normalized spacial score (nSPS) is 18.1. The molecule has 3 rings (SSSR count). The molecule has 1 atom stereocenters. The molecule has 2 heterocycles. The van der Waals surface area contributed by atoms with Crippen LogP contribution >= 0.6 is 11.3 Å². The highest BCUT2D eigenvalue weighted by Crippen LogP contribution is 2.25. The van der Waals surface area contributed by atoms with Crippen LogP contribution in [0.1, 0.15) is 43.1 Å². The molecule has 126 valence electrons. The van der Waals surface area contributed by atoms with Crippen molar-refractivity contribution in [3.05, 3.63) is 52.0 Å². The minimum Gasteiger partial charge on any atom is -0.322 e. The summed E-state index contributed by atoms with van der Waals surface area (Å²) in [7, 11) is 0. The van der Waals surface area contributed by atoms with Crippen molar-refractivity contribution in [3.8, 4) is 0 Å². The van der Waals surface area contributed by atoms with Gasteiger partial charge < -0.3 is 5.32 Å². The average Bonchev–Trinajstić information content (AvgIpc) is 3.12. The van der Waals surface area contributed by atoms with Crippen molar-refractivity contribution in [2.75, 3.05) is 6.54 Å². The predicted octanol–water partition coefficient (Wildman–Crippen LogP) is 3.28. The third-order valence-electron chi connectivity index (χ3n) is 4.03. The molecule has 0 bridgehead atoms. The van der Waals surface area contributed by atoms with E-state index in [4.69, 9.17) is 0 Å². The molecular formula is C18H21N3O2S. The Kier molecular flexibility index (Phi) is 4.41. The lowest BCUT2D eigenvalue weighted by atomic mass is 9.93. The van der Waals surface area contributed by atoms with E-state index >= 15 is 0 Å². The zero-order valence-corrected chi connectivity index (χ0v) is 14.9. The quantitative estimate of drug-likeness (QED) is 0.867. The number of thiazole rings is 1. The summed E-state index contributed by atoms with van der Waals surface area (Å²) in [6, 6.07) is 8.40. The Morgan fingerprint density at radius 3 is 2.54 bits per heavy atom. The molecule has 1 fully saturated rings. The molecule has 1 aromatic heterocycles. The van der Waals surface area contributed by atoms with Gasteiger partial charge in [0.2, 0.25) is 0 Å². The lowest BCUT2D eigenvalue weighted by Crippen LogP contribution is -2.32. The third kappa shape index (κ3) is 3.33. The first kappa shape index (κ1) is 16.6. The maximum absolute atomic E-state index is 12.5. The van der Waals surface area contributed by atoms with Crippen LogP contribution in [0.25, 0.3) is 0 Å². The Bertz CT molecular complexity index is 749. The van der Waals surface area contributed by atoms with Crippen LogP contribution < -0.4 is 5.32 Å². The molecule has 1 aliphatic rings. The Hall–Kier alpha value is -2.21. The molecule has 1 aromatic carbocycles. The molecule has 6 heteroatoms. The number of urea groups is 1. The summed E-state index contributed by atoms with van der Waals surface area (Å²) in [5, 5.41) is 5.75. The number of carbonyl (C=O) groups excluding carboxylic acids is 2. The maximum Gasteiger partial charge on any atom is 0.325 e. The number of nitrogens with zero attached hydrogens (tertiary/aromatic N) is 2. The molecule has 0 saturated carbocycles. The first-order valence-corrected chi connectivity index (χ1v) is 8.86. The van der Waals surface area contributed by atoms with Gasteiger partial charge in [0, 0.05) is 23.8 Å². The molecule has 1 N–H and O–H groups in total. The number of amides is 3. The number of rotatable bonds is 4. The van der Waals surface area contributed by atoms with Gasteiger partial charge in [0.05, 0.1) is 10.7 Å². The van der Waals surface area contributed by atoms with Gasteiger partial charge >= 0.3 is 6.03 Å². The third-order valence-corrected chi connectivity index (χ3v) is 4.94. The summed E-state index contributed by atoms with van der Waals surface area (Å²) < 4.78 is 0.